The first-order valence-corrected chi connectivity index (χ1v) is 6.90. The predicted octanol–water partition coefficient (Wildman–Crippen LogP) is 2.93. The van der Waals surface area contributed by atoms with E-state index < -0.39 is 0 Å². The summed E-state index contributed by atoms with van der Waals surface area (Å²) in [6, 6.07) is 6.22. The Balaban J connectivity index is 1.63. The lowest BCUT2D eigenvalue weighted by Gasteiger charge is -2.43. The lowest BCUT2D eigenvalue weighted by Crippen LogP contribution is -2.47. The molecule has 0 bridgehead atoms. The standard InChI is InChI=1S/C15H19FO3/c16-12-1-3-13(4-2-12)19-14-5-8-18-15(11-14)6-9-17-10-7-15/h1-4,14H,5-11H2. The van der Waals surface area contributed by atoms with E-state index in [0.717, 1.165) is 51.3 Å². The minimum absolute atomic E-state index is 0.0683. The molecule has 0 aliphatic carbocycles. The van der Waals surface area contributed by atoms with E-state index in [4.69, 9.17) is 14.2 Å². The molecule has 0 saturated carbocycles. The Bertz CT molecular complexity index is 406. The van der Waals surface area contributed by atoms with Crippen molar-refractivity contribution in [3.05, 3.63) is 30.1 Å². The van der Waals surface area contributed by atoms with Gasteiger partial charge in [-0.3, -0.25) is 0 Å². The largest absolute Gasteiger partial charge is 0.490 e. The molecule has 2 fully saturated rings. The molecule has 2 aliphatic rings. The van der Waals surface area contributed by atoms with E-state index in [0.29, 0.717) is 0 Å². The molecule has 2 aliphatic heterocycles. The minimum Gasteiger partial charge on any atom is -0.490 e. The molecule has 3 nitrogen and oxygen atoms in total. The van der Waals surface area contributed by atoms with Crippen LogP contribution in [0.5, 0.6) is 5.75 Å². The summed E-state index contributed by atoms with van der Waals surface area (Å²) in [6.07, 6.45) is 3.82. The SMILES string of the molecule is Fc1ccc(OC2CCOC3(CCOCC3)C2)cc1. The highest BCUT2D eigenvalue weighted by Gasteiger charge is 2.39. The summed E-state index contributed by atoms with van der Waals surface area (Å²) in [6.45, 7) is 2.26. The Morgan fingerprint density at radius 2 is 1.84 bits per heavy atom. The van der Waals surface area contributed by atoms with Gasteiger partial charge in [-0.25, -0.2) is 4.39 Å². The van der Waals surface area contributed by atoms with Crippen LogP contribution in [-0.2, 0) is 9.47 Å². The Morgan fingerprint density at radius 1 is 1.11 bits per heavy atom. The monoisotopic (exact) mass is 266 g/mol. The summed E-state index contributed by atoms with van der Waals surface area (Å²) in [5.74, 6) is 0.496. The fraction of sp³-hybridized carbons (Fsp3) is 0.600. The molecule has 1 aromatic carbocycles. The normalized spacial score (nSPS) is 26.3. The molecule has 1 unspecified atom stereocenters. The van der Waals surface area contributed by atoms with Crippen LogP contribution in [-0.4, -0.2) is 31.5 Å². The summed E-state index contributed by atoms with van der Waals surface area (Å²) in [7, 11) is 0. The molecule has 0 aromatic heterocycles. The second-order valence-electron chi connectivity index (χ2n) is 5.33. The summed E-state index contributed by atoms with van der Waals surface area (Å²) in [5.41, 5.74) is -0.0683. The molecule has 0 amide bonds. The highest BCUT2D eigenvalue weighted by atomic mass is 19.1. The van der Waals surface area contributed by atoms with Crippen molar-refractivity contribution < 1.29 is 18.6 Å². The van der Waals surface area contributed by atoms with Crippen molar-refractivity contribution in [3.63, 3.8) is 0 Å². The van der Waals surface area contributed by atoms with Crippen molar-refractivity contribution in [1.29, 1.82) is 0 Å². The zero-order valence-corrected chi connectivity index (χ0v) is 10.9. The van der Waals surface area contributed by atoms with Gasteiger partial charge in [0.1, 0.15) is 17.7 Å². The van der Waals surface area contributed by atoms with Crippen molar-refractivity contribution in [3.8, 4) is 5.75 Å². The van der Waals surface area contributed by atoms with Gasteiger partial charge < -0.3 is 14.2 Å². The number of ether oxygens (including phenoxy) is 3. The third kappa shape index (κ3) is 3.07. The van der Waals surface area contributed by atoms with Crippen LogP contribution < -0.4 is 4.74 Å². The van der Waals surface area contributed by atoms with Crippen LogP contribution in [0.25, 0.3) is 0 Å². The van der Waals surface area contributed by atoms with Gasteiger partial charge in [0.25, 0.3) is 0 Å². The second kappa shape index (κ2) is 5.47. The van der Waals surface area contributed by atoms with Gasteiger partial charge in [-0.05, 0) is 37.1 Å². The number of benzene rings is 1. The fourth-order valence-electron chi connectivity index (χ4n) is 2.88. The van der Waals surface area contributed by atoms with Crippen LogP contribution >= 0.6 is 0 Å². The average Bonchev–Trinajstić information content (AvgIpc) is 2.42. The zero-order chi connectivity index (χ0) is 13.1. The van der Waals surface area contributed by atoms with E-state index in [2.05, 4.69) is 0 Å². The van der Waals surface area contributed by atoms with Crippen LogP contribution in [0.15, 0.2) is 24.3 Å². The van der Waals surface area contributed by atoms with Crippen LogP contribution in [0, 0.1) is 5.82 Å². The quantitative estimate of drug-likeness (QED) is 0.823. The molecule has 104 valence electrons. The van der Waals surface area contributed by atoms with Gasteiger partial charge in [0.05, 0.1) is 12.2 Å². The van der Waals surface area contributed by atoms with Gasteiger partial charge in [0.2, 0.25) is 0 Å². The third-order valence-corrected chi connectivity index (χ3v) is 3.97. The number of halogens is 1. The first-order valence-electron chi connectivity index (χ1n) is 6.90. The third-order valence-electron chi connectivity index (χ3n) is 3.97. The summed E-state index contributed by atoms with van der Waals surface area (Å²) in [5, 5.41) is 0. The number of hydrogen-bond acceptors (Lipinski definition) is 3. The lowest BCUT2D eigenvalue weighted by molar-refractivity contribution is -0.155. The van der Waals surface area contributed by atoms with Gasteiger partial charge in [0, 0.05) is 26.1 Å². The maximum absolute atomic E-state index is 12.9. The van der Waals surface area contributed by atoms with E-state index in [1.54, 1.807) is 12.1 Å². The van der Waals surface area contributed by atoms with E-state index >= 15 is 0 Å². The molecule has 19 heavy (non-hydrogen) atoms. The molecule has 0 N–H and O–H groups in total. The van der Waals surface area contributed by atoms with Gasteiger partial charge in [0.15, 0.2) is 0 Å². The molecule has 2 saturated heterocycles. The average molecular weight is 266 g/mol. The van der Waals surface area contributed by atoms with Crippen LogP contribution in [0.1, 0.15) is 25.7 Å². The fourth-order valence-corrected chi connectivity index (χ4v) is 2.88. The van der Waals surface area contributed by atoms with E-state index in [1.807, 2.05) is 0 Å². The van der Waals surface area contributed by atoms with Crippen molar-refractivity contribution in [2.75, 3.05) is 19.8 Å². The smallest absolute Gasteiger partial charge is 0.123 e. The minimum atomic E-state index is -0.236. The molecule has 1 aromatic rings. The molecule has 1 spiro atoms. The Labute approximate surface area is 112 Å². The Morgan fingerprint density at radius 3 is 2.58 bits per heavy atom. The van der Waals surface area contributed by atoms with Crippen LogP contribution in [0.2, 0.25) is 0 Å². The lowest BCUT2D eigenvalue weighted by atomic mass is 9.85. The number of rotatable bonds is 2. The molecule has 4 heteroatoms. The van der Waals surface area contributed by atoms with Crippen molar-refractivity contribution in [1.82, 2.24) is 0 Å². The van der Waals surface area contributed by atoms with Crippen molar-refractivity contribution in [2.45, 2.75) is 37.4 Å². The Hall–Kier alpha value is -1.13. The molecular weight excluding hydrogens is 247 g/mol. The first-order chi connectivity index (χ1) is 9.26. The molecule has 1 atom stereocenters. The maximum Gasteiger partial charge on any atom is 0.123 e. The van der Waals surface area contributed by atoms with Crippen molar-refractivity contribution in [2.24, 2.45) is 0 Å². The molecule has 3 rings (SSSR count). The van der Waals surface area contributed by atoms with Crippen molar-refractivity contribution >= 4 is 0 Å². The molecule has 0 radical (unpaired) electrons. The maximum atomic E-state index is 12.9. The van der Waals surface area contributed by atoms with E-state index in [9.17, 15) is 4.39 Å². The molecule has 2 heterocycles. The molecular formula is C15H19FO3. The zero-order valence-electron chi connectivity index (χ0n) is 10.9. The van der Waals surface area contributed by atoms with Gasteiger partial charge in [-0.1, -0.05) is 0 Å². The second-order valence-corrected chi connectivity index (χ2v) is 5.33. The summed E-state index contributed by atoms with van der Waals surface area (Å²) in [4.78, 5) is 0. The highest BCUT2D eigenvalue weighted by molar-refractivity contribution is 5.22. The summed E-state index contributed by atoms with van der Waals surface area (Å²) >= 11 is 0. The summed E-state index contributed by atoms with van der Waals surface area (Å²) < 4.78 is 30.2. The Kier molecular flexibility index (Phi) is 3.71. The van der Waals surface area contributed by atoms with E-state index in [-0.39, 0.29) is 17.5 Å². The van der Waals surface area contributed by atoms with Gasteiger partial charge in [-0.15, -0.1) is 0 Å². The van der Waals surface area contributed by atoms with Gasteiger partial charge >= 0.3 is 0 Å². The first kappa shape index (κ1) is 12.9. The van der Waals surface area contributed by atoms with Crippen LogP contribution in [0.4, 0.5) is 4.39 Å². The predicted molar refractivity (Wildman–Crippen MR) is 68.8 cm³/mol. The topological polar surface area (TPSA) is 27.7 Å². The van der Waals surface area contributed by atoms with Crippen LogP contribution in [0.3, 0.4) is 0 Å². The number of hydrogen-bond donors (Lipinski definition) is 0. The van der Waals surface area contributed by atoms with Gasteiger partial charge in [-0.2, -0.15) is 0 Å². The van der Waals surface area contributed by atoms with E-state index in [1.165, 1.54) is 12.1 Å². The highest BCUT2D eigenvalue weighted by Crippen LogP contribution is 2.35.